The van der Waals surface area contributed by atoms with Gasteiger partial charge in [0.1, 0.15) is 11.5 Å². The van der Waals surface area contributed by atoms with E-state index in [0.29, 0.717) is 34.5 Å². The number of aryl methyl sites for hydroxylation is 1. The van der Waals surface area contributed by atoms with Crippen LogP contribution in [0.15, 0.2) is 36.5 Å². The van der Waals surface area contributed by atoms with Gasteiger partial charge in [-0.15, -0.1) is 22.7 Å². The third-order valence-corrected chi connectivity index (χ3v) is 9.33. The molecular weight excluding hydrogens is 506 g/mol. The smallest absolute Gasteiger partial charge is 0.264 e. The number of benzene rings is 1. The number of pyridine rings is 1. The van der Waals surface area contributed by atoms with Crippen molar-refractivity contribution in [3.63, 3.8) is 0 Å². The van der Waals surface area contributed by atoms with Gasteiger partial charge in [-0.05, 0) is 56.7 Å². The number of hydrogen-bond donors (Lipinski definition) is 1. The van der Waals surface area contributed by atoms with Crippen molar-refractivity contribution in [3.05, 3.63) is 51.8 Å². The standard InChI is InChI=1S/C28H29N3O4S2/c1-16-24(27(32)30-14-17-8-9-17)25-20(6-3-7-22(25)36-16)35-21-10-11-29-19-13-23(37-26(19)21)28(33)31-12-4-5-18(31)15-34-2/h3,6-7,10-11,13,17-18H,4-5,8-9,12,14-15H2,1-2H3,(H,30,32)/t18-/m0/s1. The number of aromatic nitrogens is 1. The van der Waals surface area contributed by atoms with Gasteiger partial charge in [0, 0.05) is 47.4 Å². The first-order chi connectivity index (χ1) is 18.0. The SMILES string of the molecule is COC[C@@H]1CCCN1C(=O)c1cc2nccc(Oc3cccc4sc(C)c(C(=O)NCC5CC5)c34)c2s1. The summed E-state index contributed by atoms with van der Waals surface area (Å²) in [6.07, 6.45) is 6.01. The number of fused-ring (bicyclic) bond motifs is 2. The van der Waals surface area contributed by atoms with Crippen LogP contribution in [0.4, 0.5) is 0 Å². The van der Waals surface area contributed by atoms with Crippen molar-refractivity contribution in [1.82, 2.24) is 15.2 Å². The molecule has 0 spiro atoms. The summed E-state index contributed by atoms with van der Waals surface area (Å²) in [5, 5.41) is 3.94. The van der Waals surface area contributed by atoms with Crippen molar-refractivity contribution >= 4 is 54.8 Å². The normalized spacial score (nSPS) is 17.6. The largest absolute Gasteiger partial charge is 0.455 e. The zero-order valence-corrected chi connectivity index (χ0v) is 22.5. The van der Waals surface area contributed by atoms with Crippen LogP contribution in [0.25, 0.3) is 20.3 Å². The molecule has 0 bridgehead atoms. The van der Waals surface area contributed by atoms with Gasteiger partial charge in [0.15, 0.2) is 0 Å². The number of carbonyl (C=O) groups is 2. The minimum absolute atomic E-state index is 0.0127. The highest BCUT2D eigenvalue weighted by atomic mass is 32.1. The molecular formula is C28H29N3O4S2. The summed E-state index contributed by atoms with van der Waals surface area (Å²) < 4.78 is 13.6. The van der Waals surface area contributed by atoms with E-state index in [9.17, 15) is 9.59 Å². The van der Waals surface area contributed by atoms with Crippen LogP contribution in [0.2, 0.25) is 0 Å². The Balaban J connectivity index is 1.33. The summed E-state index contributed by atoms with van der Waals surface area (Å²) in [7, 11) is 1.67. The van der Waals surface area contributed by atoms with E-state index in [-0.39, 0.29) is 17.9 Å². The minimum Gasteiger partial charge on any atom is -0.455 e. The maximum absolute atomic E-state index is 13.4. The molecule has 1 N–H and O–H groups in total. The number of nitrogens with zero attached hydrogens (tertiary/aromatic N) is 2. The first kappa shape index (κ1) is 24.3. The zero-order chi connectivity index (χ0) is 25.5. The summed E-state index contributed by atoms with van der Waals surface area (Å²) in [6, 6.07) is 9.65. The molecule has 0 unspecified atom stereocenters. The number of hydrogen-bond acceptors (Lipinski definition) is 7. The first-order valence-corrected chi connectivity index (χ1v) is 14.3. The van der Waals surface area contributed by atoms with Gasteiger partial charge in [-0.2, -0.15) is 0 Å². The summed E-state index contributed by atoms with van der Waals surface area (Å²) in [5.74, 6) is 1.83. The Hall–Kier alpha value is -3.01. The highest BCUT2D eigenvalue weighted by molar-refractivity contribution is 7.21. The Kier molecular flexibility index (Phi) is 6.60. The van der Waals surface area contributed by atoms with Crippen LogP contribution in [0.1, 0.15) is 50.6 Å². The molecule has 2 aliphatic rings. The molecule has 4 heterocycles. The predicted molar refractivity (Wildman–Crippen MR) is 147 cm³/mol. The number of likely N-dealkylation sites (tertiary alicyclic amines) is 1. The van der Waals surface area contributed by atoms with Gasteiger partial charge in [-0.25, -0.2) is 0 Å². The average molecular weight is 536 g/mol. The fraction of sp³-hybridized carbons (Fsp3) is 0.393. The summed E-state index contributed by atoms with van der Waals surface area (Å²) in [6.45, 7) is 3.99. The van der Waals surface area contributed by atoms with Gasteiger partial charge >= 0.3 is 0 Å². The van der Waals surface area contributed by atoms with E-state index in [4.69, 9.17) is 9.47 Å². The molecule has 1 aliphatic heterocycles. The molecule has 4 aromatic rings. The third-order valence-electron chi connectivity index (χ3n) is 7.13. The highest BCUT2D eigenvalue weighted by Gasteiger charge is 2.31. The molecule has 2 amide bonds. The fourth-order valence-electron chi connectivity index (χ4n) is 5.07. The van der Waals surface area contributed by atoms with Crippen molar-refractivity contribution in [2.24, 2.45) is 5.92 Å². The van der Waals surface area contributed by atoms with Gasteiger partial charge in [-0.3, -0.25) is 14.6 Å². The Bertz CT molecular complexity index is 1490. The fourth-order valence-corrected chi connectivity index (χ4v) is 7.17. The molecule has 9 heteroatoms. The molecule has 0 radical (unpaired) electrons. The van der Waals surface area contributed by atoms with E-state index in [1.54, 1.807) is 24.6 Å². The lowest BCUT2D eigenvalue weighted by Gasteiger charge is -2.23. The van der Waals surface area contributed by atoms with Crippen molar-refractivity contribution in [2.45, 2.75) is 38.6 Å². The lowest BCUT2D eigenvalue weighted by atomic mass is 10.1. The molecule has 1 saturated carbocycles. The van der Waals surface area contributed by atoms with Gasteiger partial charge in [0.05, 0.1) is 33.3 Å². The van der Waals surface area contributed by atoms with Crippen molar-refractivity contribution in [2.75, 3.05) is 26.8 Å². The molecule has 7 nitrogen and oxygen atoms in total. The quantitative estimate of drug-likeness (QED) is 0.299. The van der Waals surface area contributed by atoms with Gasteiger partial charge in [0.2, 0.25) is 0 Å². The predicted octanol–water partition coefficient (Wildman–Crippen LogP) is 6.00. The maximum atomic E-state index is 13.4. The van der Waals surface area contributed by atoms with Crippen LogP contribution in [0.5, 0.6) is 11.5 Å². The van der Waals surface area contributed by atoms with Crippen molar-refractivity contribution in [3.8, 4) is 11.5 Å². The Labute approximate surface area is 223 Å². The number of nitrogens with one attached hydrogen (secondary N) is 1. The summed E-state index contributed by atoms with van der Waals surface area (Å²) >= 11 is 3.00. The van der Waals surface area contributed by atoms with Crippen LogP contribution in [-0.4, -0.2) is 54.5 Å². The van der Waals surface area contributed by atoms with Crippen LogP contribution in [0, 0.1) is 12.8 Å². The molecule has 37 heavy (non-hydrogen) atoms. The van der Waals surface area contributed by atoms with E-state index >= 15 is 0 Å². The number of amides is 2. The average Bonchev–Trinajstić information content (AvgIpc) is 3.26. The topological polar surface area (TPSA) is 80.8 Å². The second kappa shape index (κ2) is 10.0. The minimum atomic E-state index is -0.0493. The number of methoxy groups -OCH3 is 1. The number of ether oxygens (including phenoxy) is 2. The number of thiophene rings is 2. The third kappa shape index (κ3) is 4.71. The molecule has 2 fully saturated rings. The monoisotopic (exact) mass is 535 g/mol. The zero-order valence-electron chi connectivity index (χ0n) is 20.9. The Morgan fingerprint density at radius 3 is 2.84 bits per heavy atom. The van der Waals surface area contributed by atoms with Crippen molar-refractivity contribution < 1.29 is 19.1 Å². The van der Waals surface area contributed by atoms with E-state index < -0.39 is 0 Å². The second-order valence-electron chi connectivity index (χ2n) is 9.80. The van der Waals surface area contributed by atoms with Crippen LogP contribution < -0.4 is 10.1 Å². The molecule has 6 rings (SSSR count). The van der Waals surface area contributed by atoms with Gasteiger partial charge < -0.3 is 19.7 Å². The van der Waals surface area contributed by atoms with E-state index in [2.05, 4.69) is 10.3 Å². The van der Waals surface area contributed by atoms with Gasteiger partial charge in [0.25, 0.3) is 11.8 Å². The Morgan fingerprint density at radius 2 is 2.03 bits per heavy atom. The highest BCUT2D eigenvalue weighted by Crippen LogP contribution is 2.42. The van der Waals surface area contributed by atoms with Gasteiger partial charge in [-0.1, -0.05) is 6.07 Å². The first-order valence-electron chi connectivity index (χ1n) is 12.7. The van der Waals surface area contributed by atoms with Crippen molar-refractivity contribution in [1.29, 1.82) is 0 Å². The lowest BCUT2D eigenvalue weighted by molar-refractivity contribution is 0.0635. The van der Waals surface area contributed by atoms with Crippen LogP contribution >= 0.6 is 22.7 Å². The molecule has 1 atom stereocenters. The van der Waals surface area contributed by atoms with E-state index in [1.807, 2.05) is 42.2 Å². The number of rotatable bonds is 8. The number of carbonyl (C=O) groups excluding carboxylic acids is 2. The molecule has 3 aromatic heterocycles. The molecule has 192 valence electrons. The maximum Gasteiger partial charge on any atom is 0.264 e. The molecule has 1 aliphatic carbocycles. The second-order valence-corrected chi connectivity index (χ2v) is 12.1. The van der Waals surface area contributed by atoms with Crippen LogP contribution in [0.3, 0.4) is 0 Å². The summed E-state index contributed by atoms with van der Waals surface area (Å²) in [5.41, 5.74) is 1.41. The lowest BCUT2D eigenvalue weighted by Crippen LogP contribution is -2.37. The molecule has 1 aromatic carbocycles. The Morgan fingerprint density at radius 1 is 1.16 bits per heavy atom. The molecule has 1 saturated heterocycles. The van der Waals surface area contributed by atoms with Crippen LogP contribution in [-0.2, 0) is 4.74 Å². The van der Waals surface area contributed by atoms with E-state index in [0.717, 1.165) is 51.1 Å². The summed E-state index contributed by atoms with van der Waals surface area (Å²) in [4.78, 5) is 34.5. The van der Waals surface area contributed by atoms with E-state index in [1.165, 1.54) is 24.2 Å².